The third-order valence-corrected chi connectivity index (χ3v) is 5.24. The van der Waals surface area contributed by atoms with E-state index in [1.807, 2.05) is 14.1 Å². The van der Waals surface area contributed by atoms with Crippen molar-refractivity contribution in [1.29, 1.82) is 0 Å². The van der Waals surface area contributed by atoms with Crippen LogP contribution in [0.2, 0.25) is 0 Å². The van der Waals surface area contributed by atoms with Gasteiger partial charge in [0, 0.05) is 34.3 Å². The van der Waals surface area contributed by atoms with Crippen molar-refractivity contribution in [2.24, 2.45) is 0 Å². The second-order valence-electron chi connectivity index (χ2n) is 5.70. The van der Waals surface area contributed by atoms with Crippen LogP contribution in [0.15, 0.2) is 52.0 Å². The Bertz CT molecular complexity index is 869. The Morgan fingerprint density at radius 1 is 1.16 bits per heavy atom. The zero-order valence-corrected chi connectivity index (χ0v) is 15.4. The summed E-state index contributed by atoms with van der Waals surface area (Å²) >= 11 is 0. The third kappa shape index (κ3) is 4.49. The van der Waals surface area contributed by atoms with Crippen LogP contribution in [0, 0.1) is 0 Å². The maximum Gasteiger partial charge on any atom is 0.248 e. The molecule has 1 heterocycles. The minimum Gasteiger partial charge on any atom is -0.465 e. The number of hydrogen-bond donors (Lipinski definition) is 1. The largest absolute Gasteiger partial charge is 0.465 e. The molecule has 0 unspecified atom stereocenters. The predicted octanol–water partition coefficient (Wildman–Crippen LogP) is 2.25. The summed E-state index contributed by atoms with van der Waals surface area (Å²) in [5.41, 5.74) is 1.10. The van der Waals surface area contributed by atoms with E-state index in [0.29, 0.717) is 17.1 Å². The lowest BCUT2D eigenvalue weighted by Gasteiger charge is -2.19. The lowest BCUT2D eigenvalue weighted by molar-refractivity contribution is -0.111. The highest BCUT2D eigenvalue weighted by Gasteiger charge is 2.19. The molecule has 0 atom stereocenters. The minimum atomic E-state index is -3.59. The molecule has 7 nitrogen and oxygen atoms in total. The predicted molar refractivity (Wildman–Crippen MR) is 98.0 cm³/mol. The van der Waals surface area contributed by atoms with Crippen LogP contribution in [-0.4, -0.2) is 46.8 Å². The Morgan fingerprint density at radius 2 is 1.88 bits per heavy atom. The highest BCUT2D eigenvalue weighted by Crippen LogP contribution is 2.28. The van der Waals surface area contributed by atoms with Crippen LogP contribution in [0.1, 0.15) is 5.76 Å². The molecule has 25 heavy (non-hydrogen) atoms. The number of carbonyl (C=O) groups excluding carboxylic acids is 1. The zero-order valence-electron chi connectivity index (χ0n) is 14.6. The van der Waals surface area contributed by atoms with E-state index >= 15 is 0 Å². The fraction of sp³-hybridized carbons (Fsp3) is 0.235. The fourth-order valence-corrected chi connectivity index (χ4v) is 3.02. The van der Waals surface area contributed by atoms with E-state index in [9.17, 15) is 13.2 Å². The Kier molecular flexibility index (Phi) is 5.66. The number of sulfonamides is 1. The number of rotatable bonds is 6. The summed E-state index contributed by atoms with van der Waals surface area (Å²) in [4.78, 5) is 14.1. The summed E-state index contributed by atoms with van der Waals surface area (Å²) < 4.78 is 30.9. The molecule has 0 radical (unpaired) electrons. The Labute approximate surface area is 147 Å². The molecule has 1 aromatic carbocycles. The summed E-state index contributed by atoms with van der Waals surface area (Å²) in [5.74, 6) is 0.158. The van der Waals surface area contributed by atoms with Crippen molar-refractivity contribution >= 4 is 33.4 Å². The number of nitrogens with zero attached hydrogens (tertiary/aromatic N) is 2. The van der Waals surface area contributed by atoms with E-state index in [-0.39, 0.29) is 10.8 Å². The minimum absolute atomic E-state index is 0.105. The number of amides is 1. The summed E-state index contributed by atoms with van der Waals surface area (Å²) in [6.07, 6.45) is 4.37. The molecule has 0 bridgehead atoms. The van der Waals surface area contributed by atoms with Gasteiger partial charge in [-0.2, -0.15) is 0 Å². The molecule has 1 aromatic heterocycles. The van der Waals surface area contributed by atoms with Crippen molar-refractivity contribution in [2.75, 3.05) is 38.4 Å². The normalized spacial score (nSPS) is 11.9. The molecule has 0 aliphatic carbocycles. The van der Waals surface area contributed by atoms with Gasteiger partial charge in [-0.25, -0.2) is 12.7 Å². The van der Waals surface area contributed by atoms with E-state index in [0.717, 1.165) is 4.31 Å². The molecule has 0 spiro atoms. The number of carbonyl (C=O) groups is 1. The van der Waals surface area contributed by atoms with Crippen LogP contribution in [-0.2, 0) is 14.8 Å². The van der Waals surface area contributed by atoms with Crippen molar-refractivity contribution in [3.8, 4) is 0 Å². The van der Waals surface area contributed by atoms with E-state index in [2.05, 4.69) is 5.32 Å². The molecule has 2 aromatic rings. The maximum atomic E-state index is 12.3. The molecule has 1 amide bonds. The molecule has 8 heteroatoms. The molecule has 0 fully saturated rings. The van der Waals surface area contributed by atoms with Gasteiger partial charge in [-0.3, -0.25) is 4.79 Å². The molecular formula is C17H21N3O4S. The average Bonchev–Trinajstić information content (AvgIpc) is 3.05. The SMILES string of the molecule is CN(C)c1ccc(S(=O)(=O)N(C)C)cc1NC(=O)C=Cc1ccco1. The summed E-state index contributed by atoms with van der Waals surface area (Å²) in [6.45, 7) is 0. The lowest BCUT2D eigenvalue weighted by Crippen LogP contribution is -2.23. The first-order valence-corrected chi connectivity index (χ1v) is 8.92. The van der Waals surface area contributed by atoms with E-state index in [4.69, 9.17) is 4.42 Å². The highest BCUT2D eigenvalue weighted by atomic mass is 32.2. The molecule has 0 saturated heterocycles. The van der Waals surface area contributed by atoms with Crippen LogP contribution < -0.4 is 10.2 Å². The topological polar surface area (TPSA) is 82.9 Å². The first-order chi connectivity index (χ1) is 11.7. The van der Waals surface area contributed by atoms with Gasteiger partial charge < -0.3 is 14.6 Å². The number of furan rings is 1. The number of hydrogen-bond acceptors (Lipinski definition) is 5. The average molecular weight is 363 g/mol. The van der Waals surface area contributed by atoms with E-state index < -0.39 is 10.0 Å². The zero-order chi connectivity index (χ0) is 18.6. The van der Waals surface area contributed by atoms with Gasteiger partial charge in [0.05, 0.1) is 22.5 Å². The van der Waals surface area contributed by atoms with Gasteiger partial charge in [0.25, 0.3) is 0 Å². The lowest BCUT2D eigenvalue weighted by atomic mass is 10.2. The first kappa shape index (κ1) is 18.8. The molecule has 134 valence electrons. The summed E-state index contributed by atoms with van der Waals surface area (Å²) in [6, 6.07) is 8.06. The van der Waals surface area contributed by atoms with Crippen molar-refractivity contribution in [2.45, 2.75) is 4.90 Å². The molecular weight excluding hydrogens is 342 g/mol. The van der Waals surface area contributed by atoms with Crippen LogP contribution in [0.25, 0.3) is 6.08 Å². The molecule has 0 saturated carbocycles. The molecule has 0 aliphatic heterocycles. The van der Waals surface area contributed by atoms with Gasteiger partial charge in [-0.05, 0) is 36.4 Å². The quantitative estimate of drug-likeness (QED) is 0.796. The van der Waals surface area contributed by atoms with Crippen LogP contribution in [0.3, 0.4) is 0 Å². The van der Waals surface area contributed by atoms with Gasteiger partial charge in [-0.1, -0.05) is 0 Å². The molecule has 0 aliphatic rings. The van der Waals surface area contributed by atoms with Gasteiger partial charge in [0.1, 0.15) is 5.76 Å². The molecule has 1 N–H and O–H groups in total. The Hall–Kier alpha value is -2.58. The first-order valence-electron chi connectivity index (χ1n) is 7.48. The second kappa shape index (κ2) is 7.54. The van der Waals surface area contributed by atoms with Crippen LogP contribution >= 0.6 is 0 Å². The number of nitrogens with one attached hydrogen (secondary N) is 1. The van der Waals surface area contributed by atoms with Gasteiger partial charge >= 0.3 is 0 Å². The van der Waals surface area contributed by atoms with Crippen molar-refractivity contribution < 1.29 is 17.6 Å². The standard InChI is InChI=1S/C17H21N3O4S/c1-19(2)16-9-8-14(25(22,23)20(3)4)12-15(16)18-17(21)10-7-13-6-5-11-24-13/h5-12H,1-4H3,(H,18,21). The summed E-state index contributed by atoms with van der Waals surface area (Å²) in [5, 5.41) is 2.71. The van der Waals surface area contributed by atoms with Crippen molar-refractivity contribution in [3.63, 3.8) is 0 Å². The maximum absolute atomic E-state index is 12.3. The monoisotopic (exact) mass is 363 g/mol. The van der Waals surface area contributed by atoms with E-state index in [1.165, 1.54) is 44.6 Å². The number of anilines is 2. The molecule has 2 rings (SSSR count). The van der Waals surface area contributed by atoms with Crippen LogP contribution in [0.4, 0.5) is 11.4 Å². The highest BCUT2D eigenvalue weighted by molar-refractivity contribution is 7.89. The summed E-state index contributed by atoms with van der Waals surface area (Å²) in [7, 11) is 2.94. The van der Waals surface area contributed by atoms with Gasteiger partial charge in [0.15, 0.2) is 0 Å². The third-order valence-electron chi connectivity index (χ3n) is 3.43. The Balaban J connectivity index is 2.32. The van der Waals surface area contributed by atoms with E-state index in [1.54, 1.807) is 23.1 Å². The van der Waals surface area contributed by atoms with Crippen molar-refractivity contribution in [1.82, 2.24) is 4.31 Å². The van der Waals surface area contributed by atoms with Gasteiger partial charge in [0.2, 0.25) is 15.9 Å². The Morgan fingerprint density at radius 3 is 2.44 bits per heavy atom. The van der Waals surface area contributed by atoms with Crippen LogP contribution in [0.5, 0.6) is 0 Å². The number of benzene rings is 1. The fourth-order valence-electron chi connectivity index (χ4n) is 2.09. The van der Waals surface area contributed by atoms with Gasteiger partial charge in [-0.15, -0.1) is 0 Å². The second-order valence-corrected chi connectivity index (χ2v) is 7.85. The van der Waals surface area contributed by atoms with Crippen molar-refractivity contribution in [3.05, 3.63) is 48.4 Å². The smallest absolute Gasteiger partial charge is 0.248 e.